The number of alkyl carbamates (subject to hydrolysis) is 1. The van der Waals surface area contributed by atoms with Gasteiger partial charge in [-0.25, -0.2) is 4.79 Å². The van der Waals surface area contributed by atoms with Crippen molar-refractivity contribution >= 4 is 6.09 Å². The molecule has 0 saturated carbocycles. The number of aliphatic hydroxyl groups excluding tert-OH is 1. The van der Waals surface area contributed by atoms with Crippen molar-refractivity contribution in [1.82, 2.24) is 10.2 Å². The second-order valence-corrected chi connectivity index (χ2v) is 4.52. The van der Waals surface area contributed by atoms with Gasteiger partial charge in [-0.1, -0.05) is 0 Å². The summed E-state index contributed by atoms with van der Waals surface area (Å²) in [4.78, 5) is 13.3. The van der Waals surface area contributed by atoms with Gasteiger partial charge in [-0.2, -0.15) is 0 Å². The monoisotopic (exact) mass is 230 g/mol. The van der Waals surface area contributed by atoms with Gasteiger partial charge in [0.1, 0.15) is 0 Å². The lowest BCUT2D eigenvalue weighted by molar-refractivity contribution is 0.133. The Kier molecular flexibility index (Phi) is 5.55. The Morgan fingerprint density at radius 1 is 1.56 bits per heavy atom. The molecule has 5 heteroatoms. The van der Waals surface area contributed by atoms with E-state index in [-0.39, 0.29) is 18.7 Å². The number of nitrogens with zero attached hydrogens (tertiary/aromatic N) is 1. The molecule has 1 aliphatic heterocycles. The molecule has 16 heavy (non-hydrogen) atoms. The molecule has 2 atom stereocenters. The third-order valence-corrected chi connectivity index (χ3v) is 3.00. The van der Waals surface area contributed by atoms with Crippen LogP contribution >= 0.6 is 0 Å². The predicted octanol–water partition coefficient (Wildman–Crippen LogP) is 0.435. The van der Waals surface area contributed by atoms with Crippen LogP contribution < -0.4 is 5.32 Å². The van der Waals surface area contributed by atoms with E-state index in [0.29, 0.717) is 5.92 Å². The number of piperidine rings is 1. The van der Waals surface area contributed by atoms with Crippen molar-refractivity contribution in [1.29, 1.82) is 0 Å². The molecule has 5 nitrogen and oxygen atoms in total. The number of hydrogen-bond donors (Lipinski definition) is 2. The van der Waals surface area contributed by atoms with Gasteiger partial charge < -0.3 is 20.1 Å². The lowest BCUT2D eigenvalue weighted by Crippen LogP contribution is -2.49. The second-order valence-electron chi connectivity index (χ2n) is 4.52. The summed E-state index contributed by atoms with van der Waals surface area (Å²) in [5.41, 5.74) is 0. The summed E-state index contributed by atoms with van der Waals surface area (Å²) >= 11 is 0. The fourth-order valence-electron chi connectivity index (χ4n) is 2.36. The smallest absolute Gasteiger partial charge is 0.407 e. The van der Waals surface area contributed by atoms with Crippen molar-refractivity contribution in [3.05, 3.63) is 0 Å². The number of likely N-dealkylation sites (tertiary alicyclic amines) is 1. The highest BCUT2D eigenvalue weighted by Crippen LogP contribution is 2.20. The molecule has 1 heterocycles. The quantitative estimate of drug-likeness (QED) is 0.735. The topological polar surface area (TPSA) is 61.8 Å². The van der Waals surface area contributed by atoms with Gasteiger partial charge in [0.15, 0.2) is 0 Å². The van der Waals surface area contributed by atoms with Crippen LogP contribution in [0.2, 0.25) is 0 Å². The first-order chi connectivity index (χ1) is 7.65. The standard InChI is InChI=1S/C11H22N2O3/c1-13-7-9(4-3-5-14)6-10(8-13)12-11(15)16-2/h9-10,14H,3-8H2,1-2H3,(H,12,15). The average Bonchev–Trinajstić information content (AvgIpc) is 2.25. The Hall–Kier alpha value is -0.810. The summed E-state index contributed by atoms with van der Waals surface area (Å²) in [5.74, 6) is 0.549. The van der Waals surface area contributed by atoms with Crippen LogP contribution in [0.4, 0.5) is 4.79 Å². The first kappa shape index (κ1) is 13.3. The van der Waals surface area contributed by atoms with Gasteiger partial charge in [-0.05, 0) is 32.2 Å². The fraction of sp³-hybridized carbons (Fsp3) is 0.909. The van der Waals surface area contributed by atoms with Crippen LogP contribution in [-0.4, -0.2) is 56.0 Å². The number of amides is 1. The van der Waals surface area contributed by atoms with E-state index < -0.39 is 0 Å². The van der Waals surface area contributed by atoms with E-state index in [1.54, 1.807) is 0 Å². The SMILES string of the molecule is COC(=O)NC1CC(CCCO)CN(C)C1. The summed E-state index contributed by atoms with van der Waals surface area (Å²) in [7, 11) is 3.43. The Balaban J connectivity index is 2.37. The normalized spacial score (nSPS) is 26.4. The lowest BCUT2D eigenvalue weighted by atomic mass is 9.91. The minimum Gasteiger partial charge on any atom is -0.453 e. The molecule has 2 unspecified atom stereocenters. The molecule has 1 rings (SSSR count). The summed E-state index contributed by atoms with van der Waals surface area (Å²) in [6.45, 7) is 2.15. The second kappa shape index (κ2) is 6.70. The first-order valence-corrected chi connectivity index (χ1v) is 5.79. The Bertz CT molecular complexity index is 223. The zero-order valence-electron chi connectivity index (χ0n) is 10.1. The molecule has 0 aromatic heterocycles. The van der Waals surface area contributed by atoms with Crippen LogP contribution in [0.3, 0.4) is 0 Å². The maximum absolute atomic E-state index is 11.1. The zero-order valence-corrected chi connectivity index (χ0v) is 10.1. The van der Waals surface area contributed by atoms with E-state index in [1.807, 2.05) is 0 Å². The molecule has 0 aromatic rings. The van der Waals surface area contributed by atoms with Crippen LogP contribution in [0.15, 0.2) is 0 Å². The maximum atomic E-state index is 11.1. The van der Waals surface area contributed by atoms with E-state index in [1.165, 1.54) is 7.11 Å². The number of methoxy groups -OCH3 is 1. The van der Waals surface area contributed by atoms with Crippen molar-refractivity contribution < 1.29 is 14.6 Å². The van der Waals surface area contributed by atoms with Crippen molar-refractivity contribution in [2.24, 2.45) is 5.92 Å². The average molecular weight is 230 g/mol. The first-order valence-electron chi connectivity index (χ1n) is 5.79. The highest BCUT2D eigenvalue weighted by molar-refractivity contribution is 5.67. The minimum atomic E-state index is -0.360. The summed E-state index contributed by atoms with van der Waals surface area (Å²) in [5, 5.41) is 11.6. The number of ether oxygens (including phenoxy) is 1. The number of rotatable bonds is 4. The molecule has 0 aromatic carbocycles. The fourth-order valence-corrected chi connectivity index (χ4v) is 2.36. The van der Waals surface area contributed by atoms with E-state index in [4.69, 9.17) is 5.11 Å². The number of carbonyl (C=O) groups is 1. The third-order valence-electron chi connectivity index (χ3n) is 3.00. The van der Waals surface area contributed by atoms with Crippen LogP contribution in [-0.2, 0) is 4.74 Å². The number of nitrogens with one attached hydrogen (secondary N) is 1. The van der Waals surface area contributed by atoms with Crippen molar-refractivity contribution in [3.8, 4) is 0 Å². The molecule has 1 aliphatic rings. The van der Waals surface area contributed by atoms with E-state index >= 15 is 0 Å². The molecule has 0 bridgehead atoms. The molecular formula is C11H22N2O3. The largest absolute Gasteiger partial charge is 0.453 e. The third kappa shape index (κ3) is 4.37. The molecule has 1 saturated heterocycles. The molecule has 0 spiro atoms. The van der Waals surface area contributed by atoms with Crippen molar-refractivity contribution in [3.63, 3.8) is 0 Å². The maximum Gasteiger partial charge on any atom is 0.407 e. The number of aliphatic hydroxyl groups is 1. The lowest BCUT2D eigenvalue weighted by Gasteiger charge is -2.35. The molecule has 0 radical (unpaired) electrons. The van der Waals surface area contributed by atoms with Crippen LogP contribution in [0.1, 0.15) is 19.3 Å². The molecular weight excluding hydrogens is 208 g/mol. The number of likely N-dealkylation sites (N-methyl/N-ethyl adjacent to an activating group) is 1. The van der Waals surface area contributed by atoms with Gasteiger partial charge in [0.2, 0.25) is 0 Å². The number of carbonyl (C=O) groups excluding carboxylic acids is 1. The van der Waals surface area contributed by atoms with Gasteiger partial charge in [0.05, 0.1) is 7.11 Å². The summed E-state index contributed by atoms with van der Waals surface area (Å²) < 4.78 is 4.60. The zero-order chi connectivity index (χ0) is 12.0. The molecule has 0 aliphatic carbocycles. The number of hydrogen-bond acceptors (Lipinski definition) is 4. The van der Waals surface area contributed by atoms with E-state index in [9.17, 15) is 4.79 Å². The van der Waals surface area contributed by atoms with Gasteiger partial charge in [-0.3, -0.25) is 0 Å². The van der Waals surface area contributed by atoms with Gasteiger partial charge >= 0.3 is 6.09 Å². The predicted molar refractivity (Wildman–Crippen MR) is 61.3 cm³/mol. The van der Waals surface area contributed by atoms with Gasteiger partial charge in [0.25, 0.3) is 0 Å². The van der Waals surface area contributed by atoms with Gasteiger partial charge in [-0.15, -0.1) is 0 Å². The molecule has 94 valence electrons. The highest BCUT2D eigenvalue weighted by atomic mass is 16.5. The molecule has 1 fully saturated rings. The van der Waals surface area contributed by atoms with E-state index in [2.05, 4.69) is 22.0 Å². The minimum absolute atomic E-state index is 0.162. The van der Waals surface area contributed by atoms with E-state index in [0.717, 1.165) is 32.4 Å². The highest BCUT2D eigenvalue weighted by Gasteiger charge is 2.26. The van der Waals surface area contributed by atoms with Crippen LogP contribution in [0, 0.1) is 5.92 Å². The van der Waals surface area contributed by atoms with Crippen LogP contribution in [0.5, 0.6) is 0 Å². The molecule has 1 amide bonds. The van der Waals surface area contributed by atoms with Crippen LogP contribution in [0.25, 0.3) is 0 Å². The summed E-state index contributed by atoms with van der Waals surface area (Å²) in [6, 6.07) is 0.162. The Labute approximate surface area is 96.8 Å². The Morgan fingerprint density at radius 3 is 2.94 bits per heavy atom. The summed E-state index contributed by atoms with van der Waals surface area (Å²) in [6.07, 6.45) is 2.46. The molecule has 2 N–H and O–H groups in total. The Morgan fingerprint density at radius 2 is 2.31 bits per heavy atom. The van der Waals surface area contributed by atoms with Crippen molar-refractivity contribution in [2.45, 2.75) is 25.3 Å². The van der Waals surface area contributed by atoms with Gasteiger partial charge in [0, 0.05) is 25.7 Å². The van der Waals surface area contributed by atoms with Crippen molar-refractivity contribution in [2.75, 3.05) is 33.9 Å².